The quantitative estimate of drug-likeness (QED) is 0.629. The Labute approximate surface area is 172 Å². The summed E-state index contributed by atoms with van der Waals surface area (Å²) in [6, 6.07) is 12.3. The SMILES string of the molecule is CC(C)Oc1cccc(CNc2cc(-c3cn[nH]c3C3CCN(C)C3)ccn2)c1. The van der Waals surface area contributed by atoms with Gasteiger partial charge in [-0.15, -0.1) is 0 Å². The van der Waals surface area contributed by atoms with E-state index in [0.29, 0.717) is 12.5 Å². The Morgan fingerprint density at radius 2 is 2.17 bits per heavy atom. The molecule has 1 fully saturated rings. The molecule has 0 spiro atoms. The van der Waals surface area contributed by atoms with Crippen LogP contribution < -0.4 is 10.1 Å². The first kappa shape index (κ1) is 19.5. The molecule has 1 aliphatic heterocycles. The number of anilines is 1. The van der Waals surface area contributed by atoms with Gasteiger partial charge in [0, 0.05) is 36.5 Å². The van der Waals surface area contributed by atoms with Gasteiger partial charge in [-0.3, -0.25) is 5.10 Å². The monoisotopic (exact) mass is 391 g/mol. The number of likely N-dealkylation sites (N-methyl/N-ethyl adjacent to an activating group) is 1. The summed E-state index contributed by atoms with van der Waals surface area (Å²) in [5, 5.41) is 11.0. The van der Waals surface area contributed by atoms with Crippen LogP contribution in [0.15, 0.2) is 48.8 Å². The fourth-order valence-corrected chi connectivity index (χ4v) is 3.90. The normalized spacial score (nSPS) is 17.0. The molecule has 4 rings (SSSR count). The molecule has 0 amide bonds. The van der Waals surface area contributed by atoms with Gasteiger partial charge in [-0.2, -0.15) is 5.10 Å². The van der Waals surface area contributed by atoms with Crippen molar-refractivity contribution in [3.8, 4) is 16.9 Å². The van der Waals surface area contributed by atoms with Crippen molar-refractivity contribution in [2.75, 3.05) is 25.5 Å². The molecule has 0 bridgehead atoms. The van der Waals surface area contributed by atoms with Crippen molar-refractivity contribution in [3.05, 3.63) is 60.0 Å². The zero-order valence-electron chi connectivity index (χ0n) is 17.4. The Morgan fingerprint density at radius 1 is 1.28 bits per heavy atom. The van der Waals surface area contributed by atoms with Gasteiger partial charge in [0.15, 0.2) is 0 Å². The molecule has 0 aliphatic carbocycles. The molecule has 6 nitrogen and oxygen atoms in total. The first-order valence-electron chi connectivity index (χ1n) is 10.3. The van der Waals surface area contributed by atoms with Gasteiger partial charge in [0.05, 0.1) is 12.3 Å². The van der Waals surface area contributed by atoms with Crippen molar-refractivity contribution in [1.82, 2.24) is 20.1 Å². The molecule has 6 heteroatoms. The first-order chi connectivity index (χ1) is 14.1. The van der Waals surface area contributed by atoms with E-state index in [4.69, 9.17) is 4.74 Å². The van der Waals surface area contributed by atoms with Gasteiger partial charge in [0.2, 0.25) is 0 Å². The highest BCUT2D eigenvalue weighted by Crippen LogP contribution is 2.33. The van der Waals surface area contributed by atoms with E-state index in [0.717, 1.165) is 42.2 Å². The molecule has 1 aliphatic rings. The summed E-state index contributed by atoms with van der Waals surface area (Å²) < 4.78 is 5.79. The van der Waals surface area contributed by atoms with Gasteiger partial charge in [0.25, 0.3) is 0 Å². The molecular formula is C23H29N5O. The lowest BCUT2D eigenvalue weighted by molar-refractivity contribution is 0.242. The zero-order chi connectivity index (χ0) is 20.2. The third kappa shape index (κ3) is 4.77. The Bertz CT molecular complexity index is 952. The fourth-order valence-electron chi connectivity index (χ4n) is 3.90. The molecule has 2 N–H and O–H groups in total. The van der Waals surface area contributed by atoms with E-state index >= 15 is 0 Å². The van der Waals surface area contributed by atoms with Crippen LogP contribution in [0.4, 0.5) is 5.82 Å². The second kappa shape index (κ2) is 8.66. The predicted octanol–water partition coefficient (Wildman–Crippen LogP) is 4.29. The maximum atomic E-state index is 5.79. The lowest BCUT2D eigenvalue weighted by Crippen LogP contribution is -2.13. The summed E-state index contributed by atoms with van der Waals surface area (Å²) in [6.07, 6.45) is 5.12. The largest absolute Gasteiger partial charge is 0.491 e. The standard InChI is InChI=1S/C23H29N5O/c1-16(2)29-20-6-4-5-17(11-20)13-25-22-12-18(7-9-24-22)21-14-26-27-23(21)19-8-10-28(3)15-19/h4-7,9,11-12,14,16,19H,8,10,13,15H2,1-3H3,(H,24,25)(H,26,27). The van der Waals surface area contributed by atoms with Crippen LogP contribution in [0, 0.1) is 0 Å². The Kier molecular flexibility index (Phi) is 5.81. The van der Waals surface area contributed by atoms with E-state index < -0.39 is 0 Å². The van der Waals surface area contributed by atoms with Crippen LogP contribution in [0.3, 0.4) is 0 Å². The van der Waals surface area contributed by atoms with Crippen molar-refractivity contribution < 1.29 is 4.74 Å². The fraction of sp³-hybridized carbons (Fsp3) is 0.391. The smallest absolute Gasteiger partial charge is 0.126 e. The van der Waals surface area contributed by atoms with Crippen LogP contribution in [0.25, 0.3) is 11.1 Å². The molecule has 152 valence electrons. The van der Waals surface area contributed by atoms with Crippen LogP contribution in [0.5, 0.6) is 5.75 Å². The van der Waals surface area contributed by atoms with Gasteiger partial charge >= 0.3 is 0 Å². The highest BCUT2D eigenvalue weighted by Gasteiger charge is 2.25. The first-order valence-corrected chi connectivity index (χ1v) is 10.3. The minimum absolute atomic E-state index is 0.167. The minimum Gasteiger partial charge on any atom is -0.491 e. The zero-order valence-corrected chi connectivity index (χ0v) is 17.4. The van der Waals surface area contributed by atoms with E-state index in [1.807, 2.05) is 38.4 Å². The number of benzene rings is 1. The van der Waals surface area contributed by atoms with Crippen molar-refractivity contribution in [1.29, 1.82) is 0 Å². The lowest BCUT2D eigenvalue weighted by atomic mass is 9.97. The predicted molar refractivity (Wildman–Crippen MR) is 116 cm³/mol. The summed E-state index contributed by atoms with van der Waals surface area (Å²) in [5.41, 5.74) is 4.69. The summed E-state index contributed by atoms with van der Waals surface area (Å²) in [4.78, 5) is 6.86. The van der Waals surface area contributed by atoms with E-state index in [1.54, 1.807) is 0 Å². The number of pyridine rings is 1. The number of nitrogens with one attached hydrogen (secondary N) is 2. The van der Waals surface area contributed by atoms with E-state index in [1.165, 1.54) is 11.3 Å². The van der Waals surface area contributed by atoms with Crippen molar-refractivity contribution >= 4 is 5.82 Å². The summed E-state index contributed by atoms with van der Waals surface area (Å²) in [5.74, 6) is 2.25. The van der Waals surface area contributed by atoms with Crippen molar-refractivity contribution in [3.63, 3.8) is 0 Å². The van der Waals surface area contributed by atoms with E-state index in [-0.39, 0.29) is 6.10 Å². The summed E-state index contributed by atoms with van der Waals surface area (Å²) >= 11 is 0. The van der Waals surface area contributed by atoms with Crippen LogP contribution in [-0.2, 0) is 6.54 Å². The number of likely N-dealkylation sites (tertiary alicyclic amines) is 1. The molecule has 29 heavy (non-hydrogen) atoms. The highest BCUT2D eigenvalue weighted by atomic mass is 16.5. The number of hydrogen-bond donors (Lipinski definition) is 2. The number of aromatic nitrogens is 3. The molecule has 1 unspecified atom stereocenters. The molecule has 1 atom stereocenters. The van der Waals surface area contributed by atoms with Gasteiger partial charge in [0.1, 0.15) is 11.6 Å². The topological polar surface area (TPSA) is 66.1 Å². The van der Waals surface area contributed by atoms with Gasteiger partial charge < -0.3 is 15.0 Å². The third-order valence-electron chi connectivity index (χ3n) is 5.28. The van der Waals surface area contributed by atoms with Crippen molar-refractivity contribution in [2.45, 2.75) is 38.8 Å². The highest BCUT2D eigenvalue weighted by molar-refractivity contribution is 5.68. The Balaban J connectivity index is 1.47. The summed E-state index contributed by atoms with van der Waals surface area (Å²) in [7, 11) is 2.17. The Hall–Kier alpha value is -2.86. The molecule has 2 aromatic heterocycles. The number of aromatic amines is 1. The molecule has 0 saturated carbocycles. The molecular weight excluding hydrogens is 362 g/mol. The van der Waals surface area contributed by atoms with Gasteiger partial charge in [-0.05, 0) is 69.3 Å². The maximum Gasteiger partial charge on any atom is 0.126 e. The molecule has 3 aromatic rings. The van der Waals surface area contributed by atoms with Crippen LogP contribution >= 0.6 is 0 Å². The van der Waals surface area contributed by atoms with Crippen LogP contribution in [-0.4, -0.2) is 46.3 Å². The maximum absolute atomic E-state index is 5.79. The average Bonchev–Trinajstić information content (AvgIpc) is 3.35. The minimum atomic E-state index is 0.167. The number of nitrogens with zero attached hydrogens (tertiary/aromatic N) is 3. The van der Waals surface area contributed by atoms with E-state index in [9.17, 15) is 0 Å². The Morgan fingerprint density at radius 3 is 2.97 bits per heavy atom. The molecule has 1 saturated heterocycles. The summed E-state index contributed by atoms with van der Waals surface area (Å²) in [6.45, 7) is 6.96. The number of ether oxygens (including phenoxy) is 1. The number of hydrogen-bond acceptors (Lipinski definition) is 5. The van der Waals surface area contributed by atoms with Gasteiger partial charge in [-0.25, -0.2) is 4.98 Å². The van der Waals surface area contributed by atoms with Crippen LogP contribution in [0.1, 0.15) is 37.4 Å². The van der Waals surface area contributed by atoms with Crippen molar-refractivity contribution in [2.24, 2.45) is 0 Å². The third-order valence-corrected chi connectivity index (χ3v) is 5.28. The molecule has 3 heterocycles. The van der Waals surface area contributed by atoms with Gasteiger partial charge in [-0.1, -0.05) is 12.1 Å². The number of rotatable bonds is 7. The molecule has 0 radical (unpaired) electrons. The number of H-pyrrole nitrogens is 1. The lowest BCUT2D eigenvalue weighted by Gasteiger charge is -2.13. The second-order valence-electron chi connectivity index (χ2n) is 8.04. The second-order valence-corrected chi connectivity index (χ2v) is 8.04. The van der Waals surface area contributed by atoms with Crippen LogP contribution in [0.2, 0.25) is 0 Å². The van der Waals surface area contributed by atoms with E-state index in [2.05, 4.69) is 56.7 Å². The molecule has 1 aromatic carbocycles. The average molecular weight is 392 g/mol.